The molecule has 0 rings (SSSR count). The summed E-state index contributed by atoms with van der Waals surface area (Å²) in [6, 6.07) is 0. The smallest absolute Gasteiger partial charge is 0 e. The molecule has 0 spiro atoms. The summed E-state index contributed by atoms with van der Waals surface area (Å²) in [5, 5.41) is 0. The minimum Gasteiger partial charge on any atom is 0 e. The Morgan fingerprint density at radius 2 is 0.600 bits per heavy atom. The Balaban J connectivity index is 0. The molecule has 0 N–H and O–H groups in total. The van der Waals surface area contributed by atoms with E-state index < -0.39 is 0 Å². The zero-order valence-electron chi connectivity index (χ0n) is 1.63. The van der Waals surface area contributed by atoms with Crippen LogP contribution in [0.5, 0.6) is 0 Å². The minimum absolute atomic E-state index is 0. The number of hydrogen-bond acceptors (Lipinski definition) is 0. The van der Waals surface area contributed by atoms with E-state index in [1.54, 1.807) is 0 Å². The van der Waals surface area contributed by atoms with Crippen LogP contribution in [-0.2, 0) is 0 Å². The van der Waals surface area contributed by atoms with E-state index in [0.717, 1.165) is 0 Å². The van der Waals surface area contributed by atoms with Crippen molar-refractivity contribution in [1.29, 1.82) is 0 Å². The first-order valence-electron chi connectivity index (χ1n) is 0. The summed E-state index contributed by atoms with van der Waals surface area (Å²) in [5.74, 6) is 0. The van der Waals surface area contributed by atoms with Gasteiger partial charge in [0.25, 0.3) is 0 Å². The first-order chi connectivity index (χ1) is 0. The van der Waals surface area contributed by atoms with Crippen molar-refractivity contribution in [2.75, 3.05) is 0 Å². The van der Waals surface area contributed by atoms with Crippen LogP contribution < -0.4 is 0 Å². The van der Waals surface area contributed by atoms with Gasteiger partial charge in [0.2, 0.25) is 0 Å². The van der Waals surface area contributed by atoms with Crippen LogP contribution in [-0.4, -0.2) is 37.7 Å². The van der Waals surface area contributed by atoms with Crippen molar-refractivity contribution in [3.63, 3.8) is 0 Å². The molecule has 0 unspecified atom stereocenters. The van der Waals surface area contributed by atoms with Gasteiger partial charge in [-0.05, 0) is 0 Å². The molecule has 0 nitrogen and oxygen atoms in total. The van der Waals surface area contributed by atoms with E-state index in [-0.39, 0.29) is 115 Å². The molecule has 0 atom stereocenters. The van der Waals surface area contributed by atoms with E-state index >= 15 is 0 Å². The van der Waals surface area contributed by atoms with Crippen LogP contribution in [0.4, 0.5) is 0 Å². The Morgan fingerprint density at radius 3 is 0.600 bits per heavy atom. The quantitative estimate of drug-likeness (QED) is 0.567. The molecule has 0 radical (unpaired) electrons. The van der Waals surface area contributed by atoms with Crippen molar-refractivity contribution >= 4 is 75.0 Å². The van der Waals surface area contributed by atoms with Crippen LogP contribution in [0.3, 0.4) is 0 Å². The fraction of sp³-hybridized carbons (Fsp3) is 0. The van der Waals surface area contributed by atoms with Crippen LogP contribution in [0, 0.1) is 40.4 Å². The maximum atomic E-state index is 0. The molecule has 0 aliphatic rings. The van der Waals surface area contributed by atoms with Crippen LogP contribution in [0.25, 0.3) is 0 Å². The average molecular weight is 302 g/mol. The maximum Gasteiger partial charge on any atom is 0 e. The second kappa shape index (κ2) is 26.0. The third kappa shape index (κ3) is 18.6. The van der Waals surface area contributed by atoms with Crippen molar-refractivity contribution < 1.29 is 40.4 Å². The van der Waals surface area contributed by atoms with Gasteiger partial charge in [0.15, 0.2) is 0 Å². The summed E-state index contributed by atoms with van der Waals surface area (Å²) >= 11 is 0. The average Bonchev–Trinajstić information content (AvgIpc) is 0. The second-order valence-corrected chi connectivity index (χ2v) is 0. The van der Waals surface area contributed by atoms with Crippen molar-refractivity contribution in [2.24, 2.45) is 0 Å². The van der Waals surface area contributed by atoms with Gasteiger partial charge >= 0.3 is 37.7 Å². The molecule has 0 saturated carbocycles. The fourth-order valence-corrected chi connectivity index (χ4v) is 0. The molecule has 0 aliphatic carbocycles. The van der Waals surface area contributed by atoms with E-state index in [0.29, 0.717) is 0 Å². The molecular formula is H5CaCl3Sm. The molecule has 0 aromatic heterocycles. The summed E-state index contributed by atoms with van der Waals surface area (Å²) in [4.78, 5) is 0. The molecule has 34 valence electrons. The molecule has 5 heavy (non-hydrogen) atoms. The first kappa shape index (κ1) is 39.3. The van der Waals surface area contributed by atoms with E-state index in [1.165, 1.54) is 0 Å². The number of hydrogen-bond donors (Lipinski definition) is 0. The van der Waals surface area contributed by atoms with Crippen LogP contribution in [0.15, 0.2) is 0 Å². The molecule has 0 saturated heterocycles. The largest absolute Gasteiger partial charge is 0 e. The van der Waals surface area contributed by atoms with Crippen molar-refractivity contribution in [1.82, 2.24) is 0 Å². The topological polar surface area (TPSA) is 0 Å². The van der Waals surface area contributed by atoms with Gasteiger partial charge < -0.3 is 0 Å². The Labute approximate surface area is 113 Å². The molecule has 5 heteroatoms. The van der Waals surface area contributed by atoms with Crippen molar-refractivity contribution in [3.8, 4) is 0 Å². The third-order valence-corrected chi connectivity index (χ3v) is 0. The van der Waals surface area contributed by atoms with Crippen LogP contribution in [0.2, 0.25) is 0 Å². The Kier molecular flexibility index (Phi) is 204. The molecule has 0 aliphatic heterocycles. The van der Waals surface area contributed by atoms with Gasteiger partial charge in [0.05, 0.1) is 0 Å². The molecular weight excluding hydrogens is 297 g/mol. The van der Waals surface area contributed by atoms with Gasteiger partial charge in [0.1, 0.15) is 0 Å². The minimum atomic E-state index is 0. The molecule has 0 bridgehead atoms. The standard InChI is InChI=1S/Ca.3ClH.Sm.2H/h;3*1H;;;. The fourth-order valence-electron chi connectivity index (χ4n) is 0. The van der Waals surface area contributed by atoms with E-state index in [9.17, 15) is 0 Å². The SMILES string of the molecule is Cl.Cl.Cl.[CaH2].[Sm]. The molecule has 0 heterocycles. The zero-order valence-corrected chi connectivity index (χ0v) is 6.70. The molecule has 0 aromatic carbocycles. The van der Waals surface area contributed by atoms with Crippen LogP contribution in [0.1, 0.15) is 0 Å². The Bertz CT molecular complexity index is 6.85. The Morgan fingerprint density at radius 1 is 0.600 bits per heavy atom. The number of rotatable bonds is 0. The Hall–Kier alpha value is 3.47. The zero-order chi connectivity index (χ0) is 0. The van der Waals surface area contributed by atoms with E-state index in [4.69, 9.17) is 0 Å². The summed E-state index contributed by atoms with van der Waals surface area (Å²) in [7, 11) is 0. The van der Waals surface area contributed by atoms with Crippen LogP contribution >= 0.6 is 37.2 Å². The van der Waals surface area contributed by atoms with Gasteiger partial charge in [-0.25, -0.2) is 0 Å². The summed E-state index contributed by atoms with van der Waals surface area (Å²) in [5.41, 5.74) is 0. The summed E-state index contributed by atoms with van der Waals surface area (Å²) in [6.45, 7) is 0. The van der Waals surface area contributed by atoms with Gasteiger partial charge in [-0.15, -0.1) is 37.2 Å². The van der Waals surface area contributed by atoms with E-state index in [1.807, 2.05) is 0 Å². The van der Waals surface area contributed by atoms with Gasteiger partial charge in [-0.2, -0.15) is 0 Å². The predicted molar refractivity (Wildman–Crippen MR) is 30.3 cm³/mol. The summed E-state index contributed by atoms with van der Waals surface area (Å²) < 4.78 is 0. The van der Waals surface area contributed by atoms with Crippen molar-refractivity contribution in [3.05, 3.63) is 0 Å². The maximum absolute atomic E-state index is 0. The molecule has 0 aromatic rings. The van der Waals surface area contributed by atoms with Gasteiger partial charge in [-0.1, -0.05) is 0 Å². The second-order valence-electron chi connectivity index (χ2n) is 0. The molecule has 0 fully saturated rings. The third-order valence-electron chi connectivity index (χ3n) is 0. The monoisotopic (exact) mass is 302 g/mol. The van der Waals surface area contributed by atoms with Gasteiger partial charge in [0, 0.05) is 40.4 Å². The summed E-state index contributed by atoms with van der Waals surface area (Å²) in [6.07, 6.45) is 0. The van der Waals surface area contributed by atoms with Crippen molar-refractivity contribution in [2.45, 2.75) is 0 Å². The number of halogens is 3. The van der Waals surface area contributed by atoms with E-state index in [2.05, 4.69) is 0 Å². The predicted octanol–water partition coefficient (Wildman–Crippen LogP) is 0.349. The van der Waals surface area contributed by atoms with Gasteiger partial charge in [-0.3, -0.25) is 0 Å². The molecule has 0 amide bonds. The normalized spacial score (nSPS) is 0. The first-order valence-corrected chi connectivity index (χ1v) is 0.